The van der Waals surface area contributed by atoms with Crippen molar-refractivity contribution in [3.05, 3.63) is 89.6 Å². The molecule has 2 aromatic heterocycles. The summed E-state index contributed by atoms with van der Waals surface area (Å²) in [5.41, 5.74) is 3.03. The summed E-state index contributed by atoms with van der Waals surface area (Å²) in [4.78, 5) is 9.12. The Kier molecular flexibility index (Phi) is 5.12. The molecule has 0 bridgehead atoms. The molecule has 0 atom stereocenters. The highest BCUT2D eigenvalue weighted by atomic mass is 32.2. The third-order valence-electron chi connectivity index (χ3n) is 4.56. The Morgan fingerprint density at radius 2 is 1.86 bits per heavy atom. The number of aryl methyl sites for hydroxylation is 1. The summed E-state index contributed by atoms with van der Waals surface area (Å²) in [6.45, 7) is 2.25. The van der Waals surface area contributed by atoms with Crippen LogP contribution in [0.4, 0.5) is 4.39 Å². The summed E-state index contributed by atoms with van der Waals surface area (Å²) < 4.78 is 43.0. The smallest absolute Gasteiger partial charge is 0.240 e. The van der Waals surface area contributed by atoms with Crippen LogP contribution in [0.25, 0.3) is 11.2 Å². The van der Waals surface area contributed by atoms with Crippen molar-refractivity contribution in [3.8, 4) is 0 Å². The van der Waals surface area contributed by atoms with E-state index in [0.717, 1.165) is 11.1 Å². The van der Waals surface area contributed by atoms with Crippen LogP contribution in [0.1, 0.15) is 17.0 Å². The zero-order valence-electron chi connectivity index (χ0n) is 15.7. The Morgan fingerprint density at radius 1 is 1.07 bits per heavy atom. The average molecular weight is 410 g/mol. The summed E-state index contributed by atoms with van der Waals surface area (Å²) in [5, 5.41) is 0. The third-order valence-corrected chi connectivity index (χ3v) is 5.96. The first-order chi connectivity index (χ1) is 13.9. The van der Waals surface area contributed by atoms with E-state index < -0.39 is 10.0 Å². The first-order valence-electron chi connectivity index (χ1n) is 9.03. The van der Waals surface area contributed by atoms with Crippen molar-refractivity contribution in [2.75, 3.05) is 0 Å². The van der Waals surface area contributed by atoms with Gasteiger partial charge in [0.15, 0.2) is 5.65 Å². The maximum absolute atomic E-state index is 13.2. The van der Waals surface area contributed by atoms with Gasteiger partial charge in [-0.05, 0) is 54.4 Å². The molecular formula is C21H19FN4O2S. The summed E-state index contributed by atoms with van der Waals surface area (Å²) in [6.07, 6.45) is 1.66. The number of fused-ring (bicyclic) bond motifs is 1. The van der Waals surface area contributed by atoms with E-state index in [9.17, 15) is 12.8 Å². The minimum absolute atomic E-state index is 0.00777. The number of imidazole rings is 1. The average Bonchev–Trinajstić information content (AvgIpc) is 3.06. The van der Waals surface area contributed by atoms with Crippen LogP contribution in [-0.4, -0.2) is 23.0 Å². The Morgan fingerprint density at radius 3 is 2.62 bits per heavy atom. The Labute approximate surface area is 168 Å². The zero-order valence-corrected chi connectivity index (χ0v) is 16.5. The second-order valence-electron chi connectivity index (χ2n) is 6.73. The number of rotatable bonds is 6. The van der Waals surface area contributed by atoms with Gasteiger partial charge in [0.1, 0.15) is 17.2 Å². The van der Waals surface area contributed by atoms with Crippen LogP contribution in [0.2, 0.25) is 0 Å². The minimum atomic E-state index is -3.69. The van der Waals surface area contributed by atoms with Crippen LogP contribution in [0.3, 0.4) is 0 Å². The van der Waals surface area contributed by atoms with Crippen molar-refractivity contribution >= 4 is 21.2 Å². The van der Waals surface area contributed by atoms with Crippen molar-refractivity contribution in [3.63, 3.8) is 0 Å². The van der Waals surface area contributed by atoms with Gasteiger partial charge in [0.05, 0.1) is 18.0 Å². The molecule has 0 radical (unpaired) electrons. The van der Waals surface area contributed by atoms with E-state index in [0.29, 0.717) is 23.5 Å². The highest BCUT2D eigenvalue weighted by molar-refractivity contribution is 7.89. The van der Waals surface area contributed by atoms with E-state index in [-0.39, 0.29) is 17.3 Å². The lowest BCUT2D eigenvalue weighted by molar-refractivity contribution is 0.576. The van der Waals surface area contributed by atoms with Gasteiger partial charge in [-0.1, -0.05) is 24.3 Å². The van der Waals surface area contributed by atoms with Crippen LogP contribution >= 0.6 is 0 Å². The number of benzene rings is 2. The molecule has 2 aromatic carbocycles. The lowest BCUT2D eigenvalue weighted by Crippen LogP contribution is -2.25. The van der Waals surface area contributed by atoms with Gasteiger partial charge >= 0.3 is 0 Å². The minimum Gasteiger partial charge on any atom is -0.307 e. The van der Waals surface area contributed by atoms with Gasteiger partial charge in [-0.15, -0.1) is 0 Å². The molecule has 0 amide bonds. The number of hydrogen-bond donors (Lipinski definition) is 1. The number of hydrogen-bond acceptors (Lipinski definition) is 4. The standard InChI is InChI=1S/C21H19FN4O2S/c1-15-4-2-5-18(12-15)29(27,28)24-13-20-25-19-6-3-11-23-21(19)26(20)14-16-7-9-17(22)10-8-16/h2-12,24H,13-14H2,1H3. The van der Waals surface area contributed by atoms with E-state index in [1.54, 1.807) is 42.6 Å². The zero-order chi connectivity index (χ0) is 20.4. The molecule has 4 rings (SSSR count). The van der Waals surface area contributed by atoms with Crippen molar-refractivity contribution in [1.82, 2.24) is 19.3 Å². The van der Waals surface area contributed by atoms with Gasteiger partial charge in [-0.2, -0.15) is 0 Å². The van der Waals surface area contributed by atoms with E-state index in [1.165, 1.54) is 12.1 Å². The topological polar surface area (TPSA) is 76.9 Å². The molecule has 0 saturated heterocycles. The fourth-order valence-corrected chi connectivity index (χ4v) is 4.19. The fraction of sp³-hybridized carbons (Fsp3) is 0.143. The van der Waals surface area contributed by atoms with Gasteiger partial charge in [-0.3, -0.25) is 0 Å². The SMILES string of the molecule is Cc1cccc(S(=O)(=O)NCc2nc3cccnc3n2Cc2ccc(F)cc2)c1. The number of sulfonamides is 1. The number of halogens is 1. The van der Waals surface area contributed by atoms with Gasteiger partial charge in [0, 0.05) is 6.20 Å². The molecule has 0 aliphatic rings. The lowest BCUT2D eigenvalue weighted by Gasteiger charge is -2.11. The largest absolute Gasteiger partial charge is 0.307 e. The summed E-state index contributed by atoms with van der Waals surface area (Å²) >= 11 is 0. The highest BCUT2D eigenvalue weighted by Crippen LogP contribution is 2.17. The first-order valence-corrected chi connectivity index (χ1v) is 10.5. The molecule has 8 heteroatoms. The lowest BCUT2D eigenvalue weighted by atomic mass is 10.2. The van der Waals surface area contributed by atoms with E-state index in [2.05, 4.69) is 14.7 Å². The highest BCUT2D eigenvalue weighted by Gasteiger charge is 2.17. The molecule has 0 aliphatic carbocycles. The van der Waals surface area contributed by atoms with Crippen LogP contribution in [-0.2, 0) is 23.1 Å². The monoisotopic (exact) mass is 410 g/mol. The Balaban J connectivity index is 1.65. The molecule has 0 aliphatic heterocycles. The van der Waals surface area contributed by atoms with E-state index in [4.69, 9.17) is 0 Å². The van der Waals surface area contributed by atoms with Crippen LogP contribution < -0.4 is 4.72 Å². The predicted molar refractivity (Wildman–Crippen MR) is 108 cm³/mol. The number of aromatic nitrogens is 3. The van der Waals surface area contributed by atoms with Crippen molar-refractivity contribution in [2.45, 2.75) is 24.9 Å². The molecule has 6 nitrogen and oxygen atoms in total. The van der Waals surface area contributed by atoms with Crippen LogP contribution in [0.15, 0.2) is 71.8 Å². The third kappa shape index (κ3) is 4.18. The second kappa shape index (κ2) is 7.73. The number of nitrogens with zero attached hydrogens (tertiary/aromatic N) is 3. The molecule has 2 heterocycles. The molecule has 0 spiro atoms. The summed E-state index contributed by atoms with van der Waals surface area (Å²) in [7, 11) is -3.69. The molecule has 4 aromatic rings. The maximum Gasteiger partial charge on any atom is 0.240 e. The molecule has 0 fully saturated rings. The van der Waals surface area contributed by atoms with Gasteiger partial charge in [0.2, 0.25) is 10.0 Å². The first kappa shape index (κ1) is 19.2. The number of nitrogens with one attached hydrogen (secondary N) is 1. The summed E-state index contributed by atoms with van der Waals surface area (Å²) in [6, 6.07) is 16.5. The van der Waals surface area contributed by atoms with Crippen molar-refractivity contribution in [1.29, 1.82) is 0 Å². The van der Waals surface area contributed by atoms with E-state index in [1.807, 2.05) is 23.6 Å². The van der Waals surface area contributed by atoms with E-state index >= 15 is 0 Å². The van der Waals surface area contributed by atoms with Gasteiger partial charge < -0.3 is 4.57 Å². The summed E-state index contributed by atoms with van der Waals surface area (Å²) in [5.74, 6) is 0.216. The Hall–Kier alpha value is -3.10. The van der Waals surface area contributed by atoms with Crippen LogP contribution in [0, 0.1) is 12.7 Å². The predicted octanol–water partition coefficient (Wildman–Crippen LogP) is 3.41. The molecule has 1 N–H and O–H groups in total. The van der Waals surface area contributed by atoms with Crippen molar-refractivity contribution < 1.29 is 12.8 Å². The quantitative estimate of drug-likeness (QED) is 0.529. The Bertz CT molecular complexity index is 1270. The second-order valence-corrected chi connectivity index (χ2v) is 8.49. The van der Waals surface area contributed by atoms with Gasteiger partial charge in [-0.25, -0.2) is 27.5 Å². The normalized spacial score (nSPS) is 11.8. The van der Waals surface area contributed by atoms with Crippen LogP contribution in [0.5, 0.6) is 0 Å². The molecule has 0 unspecified atom stereocenters. The molecular weight excluding hydrogens is 391 g/mol. The van der Waals surface area contributed by atoms with Crippen molar-refractivity contribution in [2.24, 2.45) is 0 Å². The number of pyridine rings is 1. The fourth-order valence-electron chi connectivity index (χ4n) is 3.10. The van der Waals surface area contributed by atoms with Gasteiger partial charge in [0.25, 0.3) is 0 Å². The molecule has 0 saturated carbocycles. The molecule has 148 valence electrons. The molecule has 29 heavy (non-hydrogen) atoms. The maximum atomic E-state index is 13.2.